The molecule has 4 rings (SSSR count). The van der Waals surface area contributed by atoms with Crippen LogP contribution in [0.15, 0.2) is 47.6 Å². The Morgan fingerprint density at radius 1 is 1.25 bits per heavy atom. The van der Waals surface area contributed by atoms with Crippen LogP contribution in [0.25, 0.3) is 16.6 Å². The van der Waals surface area contributed by atoms with E-state index >= 15 is 0 Å². The van der Waals surface area contributed by atoms with Crippen molar-refractivity contribution in [2.45, 2.75) is 25.8 Å². The number of hydrazone groups is 1. The molecular formula is C20H22ClFN6. The van der Waals surface area contributed by atoms with Crippen molar-refractivity contribution in [2.24, 2.45) is 16.8 Å². The molecule has 0 spiro atoms. The molecule has 3 aromatic rings. The lowest BCUT2D eigenvalue weighted by molar-refractivity contribution is 0.630. The third kappa shape index (κ3) is 2.78. The Labute approximate surface area is 167 Å². The summed E-state index contributed by atoms with van der Waals surface area (Å²) in [6.45, 7) is 2.97. The minimum absolute atomic E-state index is 0.0796. The van der Waals surface area contributed by atoms with Crippen molar-refractivity contribution in [3.05, 3.63) is 59.0 Å². The second kappa shape index (κ2) is 7.33. The number of halogens is 2. The van der Waals surface area contributed by atoms with Gasteiger partial charge in [0.15, 0.2) is 5.84 Å². The highest BCUT2D eigenvalue weighted by atomic mass is 35.5. The van der Waals surface area contributed by atoms with Gasteiger partial charge in [0.05, 0.1) is 16.2 Å². The third-order valence-corrected chi connectivity index (χ3v) is 5.71. The van der Waals surface area contributed by atoms with E-state index in [4.69, 9.17) is 23.3 Å². The zero-order chi connectivity index (χ0) is 19.8. The first-order valence-electron chi connectivity index (χ1n) is 9.17. The quantitative estimate of drug-likeness (QED) is 0.272. The van der Waals surface area contributed by atoms with Crippen molar-refractivity contribution >= 4 is 34.0 Å². The monoisotopic (exact) mass is 400 g/mol. The molecular weight excluding hydrogens is 379 g/mol. The summed E-state index contributed by atoms with van der Waals surface area (Å²) in [5, 5.41) is 4.57. The van der Waals surface area contributed by atoms with Crippen LogP contribution in [0.4, 0.5) is 10.1 Å². The summed E-state index contributed by atoms with van der Waals surface area (Å²) in [6, 6.07) is 13.1. The van der Waals surface area contributed by atoms with Gasteiger partial charge in [0.1, 0.15) is 11.5 Å². The van der Waals surface area contributed by atoms with E-state index in [0.717, 1.165) is 36.3 Å². The first-order valence-corrected chi connectivity index (χ1v) is 9.55. The Morgan fingerprint density at radius 3 is 2.61 bits per heavy atom. The van der Waals surface area contributed by atoms with E-state index in [-0.39, 0.29) is 11.1 Å². The number of nitrogens with zero attached hydrogens (tertiary/aromatic N) is 3. The molecule has 5 N–H and O–H groups in total. The van der Waals surface area contributed by atoms with Crippen LogP contribution < -0.4 is 22.0 Å². The Morgan fingerprint density at radius 2 is 2.00 bits per heavy atom. The maximum Gasteiger partial charge on any atom is 0.186 e. The molecule has 1 fully saturated rings. The smallest absolute Gasteiger partial charge is 0.186 e. The number of aromatic nitrogens is 1. The normalized spacial score (nSPS) is 17.5. The van der Waals surface area contributed by atoms with E-state index in [2.05, 4.69) is 22.4 Å². The Kier molecular flexibility index (Phi) is 4.87. The van der Waals surface area contributed by atoms with Crippen LogP contribution in [0.3, 0.4) is 0 Å². The molecule has 1 aromatic heterocycles. The van der Waals surface area contributed by atoms with Gasteiger partial charge in [0.2, 0.25) is 0 Å². The van der Waals surface area contributed by atoms with Crippen LogP contribution in [0.2, 0.25) is 5.02 Å². The number of amidine groups is 1. The van der Waals surface area contributed by atoms with Gasteiger partial charge >= 0.3 is 0 Å². The number of para-hydroxylation sites is 1. The molecule has 146 valence electrons. The number of nitrogens with one attached hydrogen (secondary N) is 1. The molecule has 8 heteroatoms. The number of hydrogen-bond donors (Lipinski definition) is 3. The zero-order valence-electron chi connectivity index (χ0n) is 15.5. The number of benzene rings is 2. The van der Waals surface area contributed by atoms with Gasteiger partial charge in [-0.3, -0.25) is 0 Å². The number of anilines is 1. The molecule has 0 amide bonds. The van der Waals surface area contributed by atoms with Gasteiger partial charge < -0.3 is 20.7 Å². The maximum atomic E-state index is 14.5. The first kappa shape index (κ1) is 18.6. The van der Waals surface area contributed by atoms with Crippen LogP contribution in [0.5, 0.6) is 0 Å². The van der Waals surface area contributed by atoms with Gasteiger partial charge in [-0.15, -0.1) is 0 Å². The van der Waals surface area contributed by atoms with Crippen molar-refractivity contribution in [3.63, 3.8) is 0 Å². The van der Waals surface area contributed by atoms with Gasteiger partial charge in [-0.2, -0.15) is 5.10 Å². The Bertz CT molecular complexity index is 1050. The Hall–Kier alpha value is -2.77. The van der Waals surface area contributed by atoms with Crippen LogP contribution in [0.1, 0.15) is 25.5 Å². The minimum Gasteiger partial charge on any atom is -0.366 e. The molecule has 1 unspecified atom stereocenters. The molecule has 0 radical (unpaired) electrons. The van der Waals surface area contributed by atoms with Gasteiger partial charge in [-0.1, -0.05) is 29.8 Å². The van der Waals surface area contributed by atoms with E-state index in [9.17, 15) is 4.39 Å². The SMILES string of the molecule is CC1CCCN1c1c(/C(=N/N)NN)n(-c2ccccc2)c2ccc(F)c(Cl)c12. The standard InChI is InChI=1S/C20H22ClFN6/c1-12-6-5-11-27(12)18-16-15(10-9-14(22)17(16)21)28(13-7-3-2-4-8-13)19(18)20(25-23)26-24/h2-4,7-10,12H,5-6,11,23-24H2,1H3,(H,25,26). The second-order valence-electron chi connectivity index (χ2n) is 6.93. The molecule has 6 nitrogen and oxygen atoms in total. The summed E-state index contributed by atoms with van der Waals surface area (Å²) in [5.41, 5.74) is 5.68. The van der Waals surface area contributed by atoms with Crippen molar-refractivity contribution < 1.29 is 4.39 Å². The third-order valence-electron chi connectivity index (χ3n) is 5.34. The van der Waals surface area contributed by atoms with Gasteiger partial charge in [-0.25, -0.2) is 10.2 Å². The number of nitrogens with two attached hydrogens (primary N) is 2. The van der Waals surface area contributed by atoms with Crippen LogP contribution in [-0.4, -0.2) is 23.0 Å². The van der Waals surface area contributed by atoms with E-state index < -0.39 is 5.82 Å². The van der Waals surface area contributed by atoms with Crippen molar-refractivity contribution in [3.8, 4) is 5.69 Å². The summed E-state index contributed by atoms with van der Waals surface area (Å²) in [6.07, 6.45) is 2.08. The van der Waals surface area contributed by atoms with Crippen LogP contribution >= 0.6 is 11.6 Å². The number of fused-ring (bicyclic) bond motifs is 1. The molecule has 0 aliphatic carbocycles. The predicted molar refractivity (Wildman–Crippen MR) is 112 cm³/mol. The summed E-state index contributed by atoms with van der Waals surface area (Å²) in [7, 11) is 0. The van der Waals surface area contributed by atoms with E-state index in [1.807, 2.05) is 34.9 Å². The average Bonchev–Trinajstić information content (AvgIpc) is 3.28. The molecule has 1 aliphatic rings. The van der Waals surface area contributed by atoms with Crippen molar-refractivity contribution in [2.75, 3.05) is 11.4 Å². The highest BCUT2D eigenvalue weighted by Crippen LogP contribution is 2.43. The highest BCUT2D eigenvalue weighted by molar-refractivity contribution is 6.37. The fraction of sp³-hybridized carbons (Fsp3) is 0.250. The summed E-state index contributed by atoms with van der Waals surface area (Å²) in [5.74, 6) is 11.2. The van der Waals surface area contributed by atoms with Crippen LogP contribution in [0, 0.1) is 5.82 Å². The average molecular weight is 401 g/mol. The highest BCUT2D eigenvalue weighted by Gasteiger charge is 2.32. The van der Waals surface area contributed by atoms with Gasteiger partial charge in [-0.05, 0) is 44.0 Å². The predicted octanol–water partition coefficient (Wildman–Crippen LogP) is 3.50. The van der Waals surface area contributed by atoms with Crippen molar-refractivity contribution in [1.82, 2.24) is 9.99 Å². The fourth-order valence-corrected chi connectivity index (χ4v) is 4.32. The van der Waals surface area contributed by atoms with E-state index in [1.54, 1.807) is 6.07 Å². The van der Waals surface area contributed by atoms with E-state index in [0.29, 0.717) is 16.9 Å². The lowest BCUT2D eigenvalue weighted by Gasteiger charge is -2.25. The fourth-order valence-electron chi connectivity index (χ4n) is 4.07. The van der Waals surface area contributed by atoms with Gasteiger partial charge in [0, 0.05) is 23.7 Å². The first-order chi connectivity index (χ1) is 13.6. The molecule has 1 atom stereocenters. The molecule has 1 aliphatic heterocycles. The lowest BCUT2D eigenvalue weighted by Crippen LogP contribution is -2.36. The minimum atomic E-state index is -0.467. The number of hydrazine groups is 1. The molecule has 1 saturated heterocycles. The van der Waals surface area contributed by atoms with Crippen LogP contribution in [-0.2, 0) is 0 Å². The topological polar surface area (TPSA) is 84.6 Å². The molecule has 0 saturated carbocycles. The summed E-state index contributed by atoms with van der Waals surface area (Å²) >= 11 is 6.48. The molecule has 0 bridgehead atoms. The number of hydrogen-bond acceptors (Lipinski definition) is 4. The molecule has 2 heterocycles. The zero-order valence-corrected chi connectivity index (χ0v) is 16.2. The summed E-state index contributed by atoms with van der Waals surface area (Å²) < 4.78 is 16.4. The second-order valence-corrected chi connectivity index (χ2v) is 7.31. The lowest BCUT2D eigenvalue weighted by atomic mass is 10.1. The van der Waals surface area contributed by atoms with E-state index in [1.165, 1.54) is 6.07 Å². The van der Waals surface area contributed by atoms with Crippen molar-refractivity contribution in [1.29, 1.82) is 0 Å². The number of rotatable bonds is 3. The van der Waals surface area contributed by atoms with Gasteiger partial charge in [0.25, 0.3) is 0 Å². The maximum absolute atomic E-state index is 14.5. The largest absolute Gasteiger partial charge is 0.366 e. The Balaban J connectivity index is 2.18. The summed E-state index contributed by atoms with van der Waals surface area (Å²) in [4.78, 5) is 2.23. The molecule has 28 heavy (non-hydrogen) atoms. The molecule has 2 aromatic carbocycles.